The van der Waals surface area contributed by atoms with Crippen LogP contribution in [0.5, 0.6) is 0 Å². The maximum atomic E-state index is 4.29. The molecule has 0 radical (unpaired) electrons. The molecule has 1 aromatic rings. The number of thiophene rings is 1. The summed E-state index contributed by atoms with van der Waals surface area (Å²) in [6, 6.07) is 5.28. The molecule has 0 spiro atoms. The second-order valence-electron chi connectivity index (χ2n) is 5.41. The van der Waals surface area contributed by atoms with Gasteiger partial charge in [0, 0.05) is 24.5 Å². The number of hydrogen-bond donors (Lipinski definition) is 2. The van der Waals surface area contributed by atoms with Crippen molar-refractivity contribution >= 4 is 41.3 Å². The van der Waals surface area contributed by atoms with Crippen molar-refractivity contribution in [2.45, 2.75) is 25.4 Å². The van der Waals surface area contributed by atoms with Crippen molar-refractivity contribution in [3.8, 4) is 0 Å². The minimum Gasteiger partial charge on any atom is -0.354 e. The summed E-state index contributed by atoms with van der Waals surface area (Å²) in [6.45, 7) is 3.13. The lowest BCUT2D eigenvalue weighted by atomic mass is 10.2. The van der Waals surface area contributed by atoms with Crippen molar-refractivity contribution in [1.82, 2.24) is 15.5 Å². The molecule has 20 heavy (non-hydrogen) atoms. The van der Waals surface area contributed by atoms with Crippen LogP contribution in [0.25, 0.3) is 0 Å². The molecule has 6 heteroatoms. The molecule has 0 saturated heterocycles. The topological polar surface area (TPSA) is 39.7 Å². The van der Waals surface area contributed by atoms with Crippen LogP contribution in [-0.2, 0) is 0 Å². The Morgan fingerprint density at radius 1 is 1.55 bits per heavy atom. The minimum absolute atomic E-state index is 0. The van der Waals surface area contributed by atoms with Crippen LogP contribution in [0.15, 0.2) is 22.5 Å². The van der Waals surface area contributed by atoms with Crippen LogP contribution in [0.3, 0.4) is 0 Å². The molecule has 0 aliphatic heterocycles. The number of halogens is 1. The molecule has 2 rings (SSSR count). The lowest BCUT2D eigenvalue weighted by molar-refractivity contribution is 0.302. The lowest BCUT2D eigenvalue weighted by Crippen LogP contribution is -2.42. The summed E-state index contributed by atoms with van der Waals surface area (Å²) in [7, 11) is 6.06. The van der Waals surface area contributed by atoms with Gasteiger partial charge in [-0.05, 0) is 37.9 Å². The van der Waals surface area contributed by atoms with E-state index in [1.807, 2.05) is 7.05 Å². The van der Waals surface area contributed by atoms with Gasteiger partial charge in [0.15, 0.2) is 5.96 Å². The Morgan fingerprint density at radius 2 is 2.25 bits per heavy atom. The van der Waals surface area contributed by atoms with Crippen molar-refractivity contribution in [2.75, 3.05) is 27.7 Å². The highest BCUT2D eigenvalue weighted by Crippen LogP contribution is 2.28. The van der Waals surface area contributed by atoms with E-state index in [9.17, 15) is 0 Å². The fourth-order valence-corrected chi connectivity index (χ4v) is 3.03. The third-order valence-electron chi connectivity index (χ3n) is 3.61. The number of rotatable bonds is 5. The Hall–Kier alpha value is -0.340. The first-order chi connectivity index (χ1) is 9.11. The van der Waals surface area contributed by atoms with Gasteiger partial charge in [-0.15, -0.1) is 35.3 Å². The van der Waals surface area contributed by atoms with Crippen molar-refractivity contribution in [2.24, 2.45) is 10.9 Å². The van der Waals surface area contributed by atoms with Gasteiger partial charge in [0.2, 0.25) is 0 Å². The normalized spacial score (nSPS) is 23.1. The Kier molecular flexibility index (Phi) is 7.25. The highest BCUT2D eigenvalue weighted by molar-refractivity contribution is 14.0. The van der Waals surface area contributed by atoms with Crippen LogP contribution in [-0.4, -0.2) is 44.6 Å². The Labute approximate surface area is 143 Å². The van der Waals surface area contributed by atoms with Gasteiger partial charge in [-0.25, -0.2) is 0 Å². The van der Waals surface area contributed by atoms with Crippen molar-refractivity contribution < 1.29 is 0 Å². The molecule has 4 nitrogen and oxygen atoms in total. The van der Waals surface area contributed by atoms with Crippen LogP contribution in [0.1, 0.15) is 24.3 Å². The number of nitrogens with zero attached hydrogens (tertiary/aromatic N) is 2. The van der Waals surface area contributed by atoms with Gasteiger partial charge in [-0.2, -0.15) is 0 Å². The van der Waals surface area contributed by atoms with Crippen LogP contribution < -0.4 is 10.6 Å². The number of aliphatic imine (C=N–C) groups is 1. The highest BCUT2D eigenvalue weighted by atomic mass is 127. The average Bonchev–Trinajstić information content (AvgIpc) is 2.86. The fraction of sp³-hybridized carbons (Fsp3) is 0.643. The summed E-state index contributed by atoms with van der Waals surface area (Å²) in [5, 5.41) is 9.02. The highest BCUT2D eigenvalue weighted by Gasteiger charge is 2.33. The third-order valence-corrected chi connectivity index (χ3v) is 4.59. The molecule has 1 heterocycles. The Bertz CT molecular complexity index is 419. The summed E-state index contributed by atoms with van der Waals surface area (Å²) in [6.07, 6.45) is 1.25. The van der Waals surface area contributed by atoms with Gasteiger partial charge in [0.25, 0.3) is 0 Å². The largest absolute Gasteiger partial charge is 0.354 e. The Morgan fingerprint density at radius 3 is 2.70 bits per heavy atom. The monoisotopic (exact) mass is 408 g/mol. The number of likely N-dealkylation sites (N-methyl/N-ethyl adjacent to an activating group) is 1. The summed E-state index contributed by atoms with van der Waals surface area (Å²) in [5.41, 5.74) is 0. The van der Waals surface area contributed by atoms with Gasteiger partial charge < -0.3 is 15.5 Å². The molecular formula is C14H25IN4S. The number of hydrogen-bond acceptors (Lipinski definition) is 3. The molecule has 1 fully saturated rings. The molecule has 0 amide bonds. The SMILES string of the molecule is CN=C(NCC(c1cccs1)N(C)C)NC1CC1C.I. The van der Waals surface area contributed by atoms with E-state index < -0.39 is 0 Å². The molecule has 1 aliphatic rings. The van der Waals surface area contributed by atoms with E-state index in [0.717, 1.165) is 18.4 Å². The molecular weight excluding hydrogens is 383 g/mol. The predicted octanol–water partition coefficient (Wildman–Crippen LogP) is 2.54. The number of guanidine groups is 1. The second kappa shape index (κ2) is 8.19. The zero-order chi connectivity index (χ0) is 13.8. The summed E-state index contributed by atoms with van der Waals surface area (Å²) in [5.74, 6) is 1.69. The zero-order valence-electron chi connectivity index (χ0n) is 12.6. The minimum atomic E-state index is 0. The van der Waals surface area contributed by atoms with E-state index in [1.54, 1.807) is 11.3 Å². The van der Waals surface area contributed by atoms with Crippen molar-refractivity contribution in [1.29, 1.82) is 0 Å². The Balaban J connectivity index is 0.00000200. The zero-order valence-corrected chi connectivity index (χ0v) is 15.7. The van der Waals surface area contributed by atoms with Crippen LogP contribution in [0, 0.1) is 5.92 Å². The van der Waals surface area contributed by atoms with E-state index >= 15 is 0 Å². The quantitative estimate of drug-likeness (QED) is 0.447. The molecule has 0 aromatic carbocycles. The maximum Gasteiger partial charge on any atom is 0.191 e. The summed E-state index contributed by atoms with van der Waals surface area (Å²) in [4.78, 5) is 7.92. The molecule has 0 bridgehead atoms. The lowest BCUT2D eigenvalue weighted by Gasteiger charge is -2.24. The van der Waals surface area contributed by atoms with Gasteiger partial charge >= 0.3 is 0 Å². The van der Waals surface area contributed by atoms with Crippen LogP contribution >= 0.6 is 35.3 Å². The predicted molar refractivity (Wildman–Crippen MR) is 98.2 cm³/mol. The van der Waals surface area contributed by atoms with E-state index in [4.69, 9.17) is 0 Å². The van der Waals surface area contributed by atoms with E-state index in [2.05, 4.69) is 59.1 Å². The second-order valence-corrected chi connectivity index (χ2v) is 6.39. The summed E-state index contributed by atoms with van der Waals surface area (Å²) < 4.78 is 0. The molecule has 1 aromatic heterocycles. The van der Waals surface area contributed by atoms with Crippen LogP contribution in [0.2, 0.25) is 0 Å². The smallest absolute Gasteiger partial charge is 0.191 e. The van der Waals surface area contributed by atoms with Crippen molar-refractivity contribution in [3.63, 3.8) is 0 Å². The third kappa shape index (κ3) is 4.89. The van der Waals surface area contributed by atoms with Crippen molar-refractivity contribution in [3.05, 3.63) is 22.4 Å². The van der Waals surface area contributed by atoms with E-state index in [0.29, 0.717) is 12.1 Å². The van der Waals surface area contributed by atoms with Crippen LogP contribution in [0.4, 0.5) is 0 Å². The van der Waals surface area contributed by atoms with Gasteiger partial charge in [0.1, 0.15) is 0 Å². The first kappa shape index (κ1) is 17.7. The standard InChI is InChI=1S/C14H24N4S.HI/c1-10-8-11(10)17-14(15-2)16-9-12(18(3)4)13-6-5-7-19-13;/h5-7,10-12H,8-9H2,1-4H3,(H2,15,16,17);1H. The fourth-order valence-electron chi connectivity index (χ4n) is 2.11. The first-order valence-electron chi connectivity index (χ1n) is 6.78. The summed E-state index contributed by atoms with van der Waals surface area (Å²) >= 11 is 1.80. The average molecular weight is 408 g/mol. The van der Waals surface area contributed by atoms with Gasteiger partial charge in [-0.1, -0.05) is 13.0 Å². The first-order valence-corrected chi connectivity index (χ1v) is 7.66. The molecule has 1 saturated carbocycles. The molecule has 3 atom stereocenters. The van der Waals surface area contributed by atoms with Gasteiger partial charge in [-0.3, -0.25) is 4.99 Å². The van der Waals surface area contributed by atoms with E-state index in [1.165, 1.54) is 11.3 Å². The molecule has 2 N–H and O–H groups in total. The molecule has 114 valence electrons. The number of nitrogens with one attached hydrogen (secondary N) is 2. The molecule has 1 aliphatic carbocycles. The molecule has 3 unspecified atom stereocenters. The van der Waals surface area contributed by atoms with Gasteiger partial charge in [0.05, 0.1) is 6.04 Å². The van der Waals surface area contributed by atoms with E-state index in [-0.39, 0.29) is 24.0 Å². The maximum absolute atomic E-state index is 4.29.